The van der Waals surface area contributed by atoms with Gasteiger partial charge in [0.2, 0.25) is 0 Å². The third-order valence-electron chi connectivity index (χ3n) is 3.25. The standard InChI is InChI=1S/C16H13ClF3NO2/c1-8(2)14-13(15(22)23)11(16(18,19)20)7-12(21-14)9-3-5-10(17)6-4-9/h3-8H,1-2H3,(H,22,23). The van der Waals surface area contributed by atoms with E-state index in [0.29, 0.717) is 10.6 Å². The van der Waals surface area contributed by atoms with Crippen LogP contribution in [0, 0.1) is 0 Å². The van der Waals surface area contributed by atoms with Gasteiger partial charge in [-0.2, -0.15) is 13.2 Å². The van der Waals surface area contributed by atoms with E-state index >= 15 is 0 Å². The number of hydrogen-bond acceptors (Lipinski definition) is 2. The number of carbonyl (C=O) groups is 1. The van der Waals surface area contributed by atoms with E-state index in [1.54, 1.807) is 13.8 Å². The average molecular weight is 344 g/mol. The number of halogens is 4. The Hall–Kier alpha value is -2.08. The molecule has 0 aliphatic heterocycles. The summed E-state index contributed by atoms with van der Waals surface area (Å²) >= 11 is 5.77. The quantitative estimate of drug-likeness (QED) is 0.828. The first-order chi connectivity index (χ1) is 10.6. The lowest BCUT2D eigenvalue weighted by molar-refractivity contribution is -0.138. The molecule has 1 N–H and O–H groups in total. The van der Waals surface area contributed by atoms with Crippen LogP contribution < -0.4 is 0 Å². The Kier molecular flexibility index (Phi) is 4.66. The summed E-state index contributed by atoms with van der Waals surface area (Å²) in [5, 5.41) is 9.64. The van der Waals surface area contributed by atoms with Crippen molar-refractivity contribution < 1.29 is 23.1 Å². The first-order valence-corrected chi connectivity index (χ1v) is 7.10. The lowest BCUT2D eigenvalue weighted by Crippen LogP contribution is -2.18. The van der Waals surface area contributed by atoms with Crippen LogP contribution in [0.4, 0.5) is 13.2 Å². The van der Waals surface area contributed by atoms with Crippen LogP contribution in [0.25, 0.3) is 11.3 Å². The van der Waals surface area contributed by atoms with E-state index in [0.717, 1.165) is 6.07 Å². The topological polar surface area (TPSA) is 50.2 Å². The highest BCUT2D eigenvalue weighted by Crippen LogP contribution is 2.37. The Morgan fingerprint density at radius 1 is 1.22 bits per heavy atom. The molecule has 0 radical (unpaired) electrons. The number of rotatable bonds is 3. The molecule has 0 aliphatic carbocycles. The average Bonchev–Trinajstić information content (AvgIpc) is 2.45. The molecule has 0 saturated heterocycles. The first kappa shape index (κ1) is 17.3. The predicted octanol–water partition coefficient (Wildman–Crippen LogP) is 5.24. The number of nitrogens with zero attached hydrogens (tertiary/aromatic N) is 1. The maximum Gasteiger partial charge on any atom is 0.417 e. The summed E-state index contributed by atoms with van der Waals surface area (Å²) < 4.78 is 39.9. The number of hydrogen-bond donors (Lipinski definition) is 1. The third-order valence-corrected chi connectivity index (χ3v) is 3.51. The maximum atomic E-state index is 13.3. The number of benzene rings is 1. The molecular formula is C16H13ClF3NO2. The molecule has 0 amide bonds. The van der Waals surface area contributed by atoms with E-state index in [9.17, 15) is 23.1 Å². The van der Waals surface area contributed by atoms with E-state index in [1.807, 2.05) is 0 Å². The molecule has 0 saturated carbocycles. The summed E-state index contributed by atoms with van der Waals surface area (Å²) in [5.74, 6) is -2.12. The fourth-order valence-electron chi connectivity index (χ4n) is 2.20. The molecule has 7 heteroatoms. The Bertz CT molecular complexity index is 740. The van der Waals surface area contributed by atoms with E-state index in [2.05, 4.69) is 4.98 Å². The summed E-state index contributed by atoms with van der Waals surface area (Å²) in [5.41, 5.74) is -1.61. The van der Waals surface area contributed by atoms with Crippen LogP contribution in [0.3, 0.4) is 0 Å². The van der Waals surface area contributed by atoms with Crippen LogP contribution in [0.2, 0.25) is 5.02 Å². The zero-order valence-corrected chi connectivity index (χ0v) is 13.0. The van der Waals surface area contributed by atoms with Gasteiger partial charge in [0.05, 0.1) is 22.5 Å². The summed E-state index contributed by atoms with van der Waals surface area (Å²) in [6.45, 7) is 3.20. The van der Waals surface area contributed by atoms with Crippen LogP contribution in [0.5, 0.6) is 0 Å². The van der Waals surface area contributed by atoms with Crippen LogP contribution in [0.1, 0.15) is 41.4 Å². The van der Waals surface area contributed by atoms with Crippen molar-refractivity contribution in [3.8, 4) is 11.3 Å². The molecule has 0 bridgehead atoms. The molecule has 2 rings (SSSR count). The Morgan fingerprint density at radius 2 is 1.78 bits per heavy atom. The van der Waals surface area contributed by atoms with Gasteiger partial charge in [0.1, 0.15) is 0 Å². The smallest absolute Gasteiger partial charge is 0.417 e. The van der Waals surface area contributed by atoms with Crippen molar-refractivity contribution in [2.75, 3.05) is 0 Å². The molecule has 1 aromatic heterocycles. The van der Waals surface area contributed by atoms with E-state index < -0.39 is 29.2 Å². The third kappa shape index (κ3) is 3.64. The van der Waals surface area contributed by atoms with Gasteiger partial charge in [0.25, 0.3) is 0 Å². The number of carboxylic acids is 1. The van der Waals surface area contributed by atoms with Crippen LogP contribution >= 0.6 is 11.6 Å². The molecule has 0 fully saturated rings. The van der Waals surface area contributed by atoms with Gasteiger partial charge in [-0.05, 0) is 24.1 Å². The van der Waals surface area contributed by atoms with Crippen molar-refractivity contribution in [3.05, 3.63) is 52.2 Å². The Morgan fingerprint density at radius 3 is 2.22 bits per heavy atom. The minimum absolute atomic E-state index is 0.0580. The predicted molar refractivity (Wildman–Crippen MR) is 80.7 cm³/mol. The number of alkyl halides is 3. The highest BCUT2D eigenvalue weighted by molar-refractivity contribution is 6.30. The SMILES string of the molecule is CC(C)c1nc(-c2ccc(Cl)cc2)cc(C(F)(F)F)c1C(=O)O. The second-order valence-corrected chi connectivity index (χ2v) is 5.72. The molecule has 23 heavy (non-hydrogen) atoms. The van der Waals surface area contributed by atoms with Crippen molar-refractivity contribution in [1.82, 2.24) is 4.98 Å². The van der Waals surface area contributed by atoms with E-state index in [-0.39, 0.29) is 11.4 Å². The van der Waals surface area contributed by atoms with Gasteiger partial charge < -0.3 is 5.11 Å². The van der Waals surface area contributed by atoms with Gasteiger partial charge in [0.15, 0.2) is 0 Å². The summed E-state index contributed by atoms with van der Waals surface area (Å²) in [4.78, 5) is 15.5. The first-order valence-electron chi connectivity index (χ1n) is 6.72. The number of pyridine rings is 1. The minimum Gasteiger partial charge on any atom is -0.478 e. The fraction of sp³-hybridized carbons (Fsp3) is 0.250. The van der Waals surface area contributed by atoms with Crippen molar-refractivity contribution in [2.24, 2.45) is 0 Å². The van der Waals surface area contributed by atoms with Gasteiger partial charge in [-0.1, -0.05) is 37.6 Å². The normalized spacial score (nSPS) is 11.8. The molecule has 2 aromatic rings. The van der Waals surface area contributed by atoms with Crippen molar-refractivity contribution in [2.45, 2.75) is 25.9 Å². The second-order valence-electron chi connectivity index (χ2n) is 5.28. The molecule has 0 atom stereocenters. The molecule has 0 unspecified atom stereocenters. The number of carboxylic acid groups (broad SMARTS) is 1. The maximum absolute atomic E-state index is 13.3. The van der Waals surface area contributed by atoms with Crippen LogP contribution in [0.15, 0.2) is 30.3 Å². The van der Waals surface area contributed by atoms with Gasteiger partial charge in [-0.3, -0.25) is 4.98 Å². The second kappa shape index (κ2) is 6.20. The molecular weight excluding hydrogens is 331 g/mol. The van der Waals surface area contributed by atoms with Gasteiger partial charge in [-0.15, -0.1) is 0 Å². The van der Waals surface area contributed by atoms with Crippen molar-refractivity contribution in [1.29, 1.82) is 0 Å². The summed E-state index contributed by atoms with van der Waals surface area (Å²) in [6, 6.07) is 6.90. The monoisotopic (exact) mass is 343 g/mol. The Balaban J connectivity index is 2.78. The molecule has 1 heterocycles. The van der Waals surface area contributed by atoms with E-state index in [1.165, 1.54) is 24.3 Å². The largest absolute Gasteiger partial charge is 0.478 e. The minimum atomic E-state index is -4.79. The van der Waals surface area contributed by atoms with Crippen molar-refractivity contribution in [3.63, 3.8) is 0 Å². The van der Waals surface area contributed by atoms with E-state index in [4.69, 9.17) is 11.6 Å². The number of aromatic carboxylic acids is 1. The molecule has 0 aliphatic rings. The highest BCUT2D eigenvalue weighted by Gasteiger charge is 2.38. The van der Waals surface area contributed by atoms with Crippen LogP contribution in [-0.4, -0.2) is 16.1 Å². The van der Waals surface area contributed by atoms with Gasteiger partial charge >= 0.3 is 12.1 Å². The lowest BCUT2D eigenvalue weighted by Gasteiger charge is -2.17. The Labute approximate surface area is 135 Å². The molecule has 122 valence electrons. The fourth-order valence-corrected chi connectivity index (χ4v) is 2.33. The number of aromatic nitrogens is 1. The summed E-state index contributed by atoms with van der Waals surface area (Å²) in [7, 11) is 0. The molecule has 1 aromatic carbocycles. The lowest BCUT2D eigenvalue weighted by atomic mass is 9.96. The highest BCUT2D eigenvalue weighted by atomic mass is 35.5. The van der Waals surface area contributed by atoms with Gasteiger partial charge in [-0.25, -0.2) is 4.79 Å². The van der Waals surface area contributed by atoms with Gasteiger partial charge in [0, 0.05) is 10.6 Å². The van der Waals surface area contributed by atoms with Crippen LogP contribution in [-0.2, 0) is 6.18 Å². The van der Waals surface area contributed by atoms with Crippen molar-refractivity contribution >= 4 is 17.6 Å². The zero-order chi connectivity index (χ0) is 17.4. The summed E-state index contributed by atoms with van der Waals surface area (Å²) in [6.07, 6.45) is -4.79. The molecule has 3 nitrogen and oxygen atoms in total. The zero-order valence-electron chi connectivity index (χ0n) is 12.3. The molecule has 0 spiro atoms.